The number of thioether (sulfide) groups is 1. The Morgan fingerprint density at radius 1 is 0.971 bits per heavy atom. The van der Waals surface area contributed by atoms with Crippen molar-refractivity contribution in [3.05, 3.63) is 94.3 Å². The number of hydrogen-bond acceptors (Lipinski definition) is 6. The van der Waals surface area contributed by atoms with Gasteiger partial charge in [-0.3, -0.25) is 14.0 Å². The van der Waals surface area contributed by atoms with E-state index >= 15 is 0 Å². The van der Waals surface area contributed by atoms with Gasteiger partial charge >= 0.3 is 0 Å². The van der Waals surface area contributed by atoms with Gasteiger partial charge in [0.15, 0.2) is 10.9 Å². The third kappa shape index (κ3) is 3.86. The summed E-state index contributed by atoms with van der Waals surface area (Å²) in [6.07, 6.45) is 0. The Bertz CT molecular complexity index is 1570. The van der Waals surface area contributed by atoms with Crippen molar-refractivity contribution in [1.29, 1.82) is 0 Å². The van der Waals surface area contributed by atoms with E-state index in [4.69, 9.17) is 4.74 Å². The van der Waals surface area contributed by atoms with Crippen LogP contribution in [0, 0.1) is 6.92 Å². The SMILES string of the molecule is CCOc1ccc(C(=O)CSc2nnc3n(-c4ccccc4C)c(=O)c4ccccc4n23)cc1. The van der Waals surface area contributed by atoms with E-state index in [9.17, 15) is 9.59 Å². The molecule has 8 heteroatoms. The minimum Gasteiger partial charge on any atom is -0.494 e. The zero-order valence-corrected chi connectivity index (χ0v) is 19.6. The molecular weight excluding hydrogens is 448 g/mol. The summed E-state index contributed by atoms with van der Waals surface area (Å²) in [5.41, 5.74) is 2.84. The number of para-hydroxylation sites is 2. The molecule has 0 N–H and O–H groups in total. The van der Waals surface area contributed by atoms with Crippen LogP contribution in [-0.2, 0) is 0 Å². The summed E-state index contributed by atoms with van der Waals surface area (Å²) in [7, 11) is 0. The van der Waals surface area contributed by atoms with Crippen molar-refractivity contribution in [2.45, 2.75) is 19.0 Å². The predicted octanol–water partition coefficient (Wildman–Crippen LogP) is 4.72. The van der Waals surface area contributed by atoms with Crippen LogP contribution in [0.4, 0.5) is 0 Å². The van der Waals surface area contributed by atoms with Crippen LogP contribution in [0.15, 0.2) is 82.7 Å². The lowest BCUT2D eigenvalue weighted by atomic mass is 10.1. The van der Waals surface area contributed by atoms with Crippen molar-refractivity contribution in [2.24, 2.45) is 0 Å². The van der Waals surface area contributed by atoms with Crippen molar-refractivity contribution in [2.75, 3.05) is 12.4 Å². The molecule has 3 aromatic carbocycles. The molecule has 0 spiro atoms. The fourth-order valence-electron chi connectivity index (χ4n) is 3.92. The Balaban J connectivity index is 1.56. The summed E-state index contributed by atoms with van der Waals surface area (Å²) in [6.45, 7) is 4.44. The lowest BCUT2D eigenvalue weighted by Gasteiger charge is -2.13. The number of aryl methyl sites for hydroxylation is 1. The average Bonchev–Trinajstić information content (AvgIpc) is 3.28. The molecule has 0 aliphatic rings. The van der Waals surface area contributed by atoms with Crippen molar-refractivity contribution < 1.29 is 9.53 Å². The molecule has 0 amide bonds. The maximum atomic E-state index is 13.4. The van der Waals surface area contributed by atoms with Gasteiger partial charge in [0.2, 0.25) is 5.78 Å². The topological polar surface area (TPSA) is 78.5 Å². The summed E-state index contributed by atoms with van der Waals surface area (Å²) >= 11 is 1.30. The predicted molar refractivity (Wildman–Crippen MR) is 133 cm³/mol. The Morgan fingerprint density at radius 2 is 1.71 bits per heavy atom. The van der Waals surface area contributed by atoms with Crippen LogP contribution in [0.3, 0.4) is 0 Å². The standard InChI is InChI=1S/C26H22N4O3S/c1-3-33-19-14-12-18(13-15-19)23(31)16-34-26-28-27-25-29(21-10-6-4-8-17(21)2)24(32)20-9-5-7-11-22(20)30(25)26/h4-15H,3,16H2,1-2H3. The number of Topliss-reactive ketones (excluding diaryl/α,β-unsaturated/α-hetero) is 1. The highest BCUT2D eigenvalue weighted by molar-refractivity contribution is 7.99. The molecule has 0 fully saturated rings. The van der Waals surface area contributed by atoms with Gasteiger partial charge < -0.3 is 4.74 Å². The van der Waals surface area contributed by atoms with Crippen LogP contribution < -0.4 is 10.3 Å². The zero-order chi connectivity index (χ0) is 23.7. The normalized spacial score (nSPS) is 11.2. The summed E-state index contributed by atoms with van der Waals surface area (Å²) < 4.78 is 8.88. The Hall–Kier alpha value is -3.91. The molecule has 0 atom stereocenters. The molecule has 2 heterocycles. The van der Waals surface area contributed by atoms with E-state index in [2.05, 4.69) is 10.2 Å². The van der Waals surface area contributed by atoms with E-state index < -0.39 is 0 Å². The fraction of sp³-hybridized carbons (Fsp3) is 0.154. The van der Waals surface area contributed by atoms with Gasteiger partial charge in [0.05, 0.1) is 29.0 Å². The average molecular weight is 471 g/mol. The van der Waals surface area contributed by atoms with Gasteiger partial charge in [-0.1, -0.05) is 42.1 Å². The van der Waals surface area contributed by atoms with E-state index in [1.54, 1.807) is 34.9 Å². The molecule has 5 rings (SSSR count). The maximum Gasteiger partial charge on any atom is 0.267 e. The number of benzene rings is 3. The fourth-order valence-corrected chi connectivity index (χ4v) is 4.76. The van der Waals surface area contributed by atoms with E-state index in [0.717, 1.165) is 17.0 Å². The lowest BCUT2D eigenvalue weighted by Crippen LogP contribution is -2.22. The zero-order valence-electron chi connectivity index (χ0n) is 18.8. The first-order valence-electron chi connectivity index (χ1n) is 10.9. The number of aromatic nitrogens is 4. The van der Waals surface area contributed by atoms with Crippen LogP contribution in [0.2, 0.25) is 0 Å². The number of ketones is 1. The van der Waals surface area contributed by atoms with Crippen LogP contribution >= 0.6 is 11.8 Å². The molecule has 34 heavy (non-hydrogen) atoms. The Labute approximate surface area is 200 Å². The highest BCUT2D eigenvalue weighted by Gasteiger charge is 2.19. The monoisotopic (exact) mass is 470 g/mol. The number of rotatable bonds is 7. The number of nitrogens with zero attached hydrogens (tertiary/aromatic N) is 4. The van der Waals surface area contributed by atoms with Gasteiger partial charge in [-0.2, -0.15) is 0 Å². The molecule has 0 saturated carbocycles. The minimum atomic E-state index is -0.160. The van der Waals surface area contributed by atoms with E-state index in [0.29, 0.717) is 34.0 Å². The molecule has 0 bridgehead atoms. The summed E-state index contributed by atoms with van der Waals surface area (Å²) in [5, 5.41) is 9.81. The van der Waals surface area contributed by atoms with Gasteiger partial charge in [-0.05, 0) is 61.9 Å². The molecule has 0 radical (unpaired) electrons. The quantitative estimate of drug-likeness (QED) is 0.253. The Morgan fingerprint density at radius 3 is 2.47 bits per heavy atom. The molecular formula is C26H22N4O3S. The highest BCUT2D eigenvalue weighted by Crippen LogP contribution is 2.25. The Kier molecular flexibility index (Phi) is 5.90. The molecule has 0 unspecified atom stereocenters. The van der Waals surface area contributed by atoms with Crippen molar-refractivity contribution >= 4 is 34.2 Å². The van der Waals surface area contributed by atoms with Crippen molar-refractivity contribution in [3.63, 3.8) is 0 Å². The van der Waals surface area contributed by atoms with Crippen LogP contribution in [-0.4, -0.2) is 37.3 Å². The van der Waals surface area contributed by atoms with Crippen molar-refractivity contribution in [1.82, 2.24) is 19.2 Å². The van der Waals surface area contributed by atoms with Gasteiger partial charge in [-0.25, -0.2) is 4.57 Å². The first-order valence-corrected chi connectivity index (χ1v) is 11.9. The van der Waals surface area contributed by atoms with E-state index in [-0.39, 0.29) is 17.1 Å². The molecule has 7 nitrogen and oxygen atoms in total. The molecule has 2 aromatic heterocycles. The van der Waals surface area contributed by atoms with E-state index in [1.165, 1.54) is 11.8 Å². The number of fused-ring (bicyclic) bond motifs is 3. The third-order valence-corrected chi connectivity index (χ3v) is 6.50. The number of ether oxygens (including phenoxy) is 1. The number of carbonyl (C=O) groups is 1. The molecule has 0 saturated heterocycles. The number of carbonyl (C=O) groups excluding carboxylic acids is 1. The van der Waals surface area contributed by atoms with Gasteiger partial charge in [0.1, 0.15) is 5.75 Å². The lowest BCUT2D eigenvalue weighted by molar-refractivity contribution is 0.102. The second-order valence-electron chi connectivity index (χ2n) is 7.73. The molecule has 5 aromatic rings. The molecule has 0 aliphatic carbocycles. The van der Waals surface area contributed by atoms with Crippen LogP contribution in [0.1, 0.15) is 22.8 Å². The summed E-state index contributed by atoms with van der Waals surface area (Å²) in [5.74, 6) is 1.30. The minimum absolute atomic E-state index is 0.0265. The largest absolute Gasteiger partial charge is 0.494 e. The van der Waals surface area contributed by atoms with Crippen LogP contribution in [0.25, 0.3) is 22.4 Å². The molecule has 170 valence electrons. The number of hydrogen-bond donors (Lipinski definition) is 0. The smallest absolute Gasteiger partial charge is 0.267 e. The first kappa shape index (κ1) is 21.9. The summed E-state index contributed by atoms with van der Waals surface area (Å²) in [4.78, 5) is 26.3. The third-order valence-electron chi connectivity index (χ3n) is 5.57. The summed E-state index contributed by atoms with van der Waals surface area (Å²) in [6, 6.07) is 22.2. The molecule has 0 aliphatic heterocycles. The van der Waals surface area contributed by atoms with Gasteiger partial charge in [0, 0.05) is 5.56 Å². The van der Waals surface area contributed by atoms with Crippen LogP contribution in [0.5, 0.6) is 5.75 Å². The second-order valence-corrected chi connectivity index (χ2v) is 8.67. The maximum absolute atomic E-state index is 13.4. The van der Waals surface area contributed by atoms with Gasteiger partial charge in [0.25, 0.3) is 5.56 Å². The van der Waals surface area contributed by atoms with E-state index in [1.807, 2.05) is 60.7 Å². The highest BCUT2D eigenvalue weighted by atomic mass is 32.2. The van der Waals surface area contributed by atoms with Crippen molar-refractivity contribution in [3.8, 4) is 11.4 Å². The second kappa shape index (κ2) is 9.15. The first-order chi connectivity index (χ1) is 16.6. The van der Waals surface area contributed by atoms with Gasteiger partial charge in [-0.15, -0.1) is 10.2 Å².